The van der Waals surface area contributed by atoms with E-state index in [2.05, 4.69) is 10.6 Å². The number of halogens is 1. The van der Waals surface area contributed by atoms with Crippen molar-refractivity contribution in [3.05, 3.63) is 41.9 Å². The molecule has 4 N–H and O–H groups in total. The number of rotatable bonds is 3. The second kappa shape index (κ2) is 5.38. The van der Waals surface area contributed by atoms with Crippen molar-refractivity contribution >= 4 is 11.6 Å². The van der Waals surface area contributed by atoms with Gasteiger partial charge in [0.05, 0.1) is 11.3 Å². The zero-order valence-corrected chi connectivity index (χ0v) is 12.5. The zero-order valence-electron chi connectivity index (χ0n) is 12.5. The Morgan fingerprint density at radius 1 is 1.30 bits per heavy atom. The predicted molar refractivity (Wildman–Crippen MR) is 84.3 cm³/mol. The van der Waals surface area contributed by atoms with Crippen molar-refractivity contribution in [2.75, 3.05) is 5.73 Å². The van der Waals surface area contributed by atoms with E-state index in [4.69, 9.17) is 10.2 Å². The summed E-state index contributed by atoms with van der Waals surface area (Å²) in [7, 11) is 0. The molecule has 3 atom stereocenters. The van der Waals surface area contributed by atoms with E-state index in [1.54, 1.807) is 24.3 Å². The lowest BCUT2D eigenvalue weighted by Gasteiger charge is -2.20. The molecule has 4 rings (SSSR count). The van der Waals surface area contributed by atoms with Crippen LogP contribution in [0.5, 0.6) is 0 Å². The monoisotopic (exact) mass is 315 g/mol. The fraction of sp³-hybridized carbons (Fsp3) is 0.353. The van der Waals surface area contributed by atoms with Crippen LogP contribution in [-0.4, -0.2) is 24.0 Å². The molecule has 1 aromatic carbocycles. The number of hydrogen-bond acceptors (Lipinski definition) is 4. The molecule has 2 aliphatic rings. The van der Waals surface area contributed by atoms with Crippen LogP contribution >= 0.6 is 0 Å². The van der Waals surface area contributed by atoms with E-state index >= 15 is 0 Å². The summed E-state index contributed by atoms with van der Waals surface area (Å²) in [5.74, 6) is -0.318. The number of anilines is 1. The minimum Gasteiger partial charge on any atom is -0.451 e. The average Bonchev–Trinajstić information content (AvgIpc) is 3.25. The van der Waals surface area contributed by atoms with E-state index in [-0.39, 0.29) is 29.0 Å². The van der Waals surface area contributed by atoms with Crippen LogP contribution in [0.25, 0.3) is 11.3 Å². The molecule has 6 heteroatoms. The number of nitrogens with one attached hydrogen (secondary N) is 2. The van der Waals surface area contributed by atoms with Crippen LogP contribution in [0.15, 0.2) is 34.7 Å². The molecule has 23 heavy (non-hydrogen) atoms. The third kappa shape index (κ3) is 2.49. The van der Waals surface area contributed by atoms with Gasteiger partial charge in [-0.25, -0.2) is 4.39 Å². The fourth-order valence-electron chi connectivity index (χ4n) is 3.57. The minimum absolute atomic E-state index is 0.0537. The molecule has 0 saturated carbocycles. The molecule has 0 unspecified atom stereocenters. The van der Waals surface area contributed by atoms with E-state index in [1.807, 2.05) is 0 Å². The number of nitrogens with two attached hydrogens (primary N) is 1. The Kier molecular flexibility index (Phi) is 3.34. The highest BCUT2D eigenvalue weighted by molar-refractivity contribution is 5.92. The normalized spacial score (nSPS) is 25.7. The molecule has 0 aliphatic carbocycles. The third-order valence-corrected chi connectivity index (χ3v) is 4.74. The molecule has 2 fully saturated rings. The van der Waals surface area contributed by atoms with Gasteiger partial charge in [-0.2, -0.15) is 0 Å². The zero-order chi connectivity index (χ0) is 16.0. The largest absolute Gasteiger partial charge is 0.451 e. The molecule has 120 valence electrons. The summed E-state index contributed by atoms with van der Waals surface area (Å²) in [6, 6.07) is 8.86. The summed E-state index contributed by atoms with van der Waals surface area (Å²) >= 11 is 0. The molecular formula is C17H18FN3O2. The molecule has 2 aliphatic heterocycles. The highest BCUT2D eigenvalue weighted by Gasteiger charge is 2.39. The van der Waals surface area contributed by atoms with E-state index in [9.17, 15) is 9.18 Å². The van der Waals surface area contributed by atoms with Gasteiger partial charge in [-0.15, -0.1) is 0 Å². The van der Waals surface area contributed by atoms with Crippen LogP contribution in [0.3, 0.4) is 0 Å². The second-order valence-electron chi connectivity index (χ2n) is 6.24. The molecule has 2 aromatic rings. The van der Waals surface area contributed by atoms with Crippen molar-refractivity contribution in [2.45, 2.75) is 37.4 Å². The predicted octanol–water partition coefficient (Wildman–Crippen LogP) is 2.29. The lowest BCUT2D eigenvalue weighted by atomic mass is 9.95. The van der Waals surface area contributed by atoms with Crippen molar-refractivity contribution in [1.82, 2.24) is 10.6 Å². The molecule has 5 nitrogen and oxygen atoms in total. The Balaban J connectivity index is 1.51. The Bertz CT molecular complexity index is 758. The fourth-order valence-corrected chi connectivity index (χ4v) is 3.57. The minimum atomic E-state index is -0.536. The maximum absolute atomic E-state index is 14.0. The van der Waals surface area contributed by atoms with Gasteiger partial charge in [0.25, 0.3) is 5.91 Å². The summed E-state index contributed by atoms with van der Waals surface area (Å²) in [6.45, 7) is 0. The van der Waals surface area contributed by atoms with Gasteiger partial charge in [-0.1, -0.05) is 6.07 Å². The first-order chi connectivity index (χ1) is 11.1. The first-order valence-electron chi connectivity index (χ1n) is 7.83. The lowest BCUT2D eigenvalue weighted by molar-refractivity contribution is 0.0903. The number of furan rings is 1. The molecular weight excluding hydrogens is 297 g/mol. The van der Waals surface area contributed by atoms with E-state index in [0.29, 0.717) is 17.8 Å². The van der Waals surface area contributed by atoms with Crippen LogP contribution in [0.1, 0.15) is 29.8 Å². The van der Waals surface area contributed by atoms with Crippen LogP contribution < -0.4 is 16.4 Å². The number of fused-ring (bicyclic) bond motifs is 2. The highest BCUT2D eigenvalue weighted by Crippen LogP contribution is 2.30. The smallest absolute Gasteiger partial charge is 0.287 e. The number of hydrogen-bond donors (Lipinski definition) is 3. The molecule has 0 spiro atoms. The van der Waals surface area contributed by atoms with E-state index in [1.165, 1.54) is 12.5 Å². The van der Waals surface area contributed by atoms with Gasteiger partial charge in [-0.3, -0.25) is 4.79 Å². The Morgan fingerprint density at radius 2 is 2.17 bits per heavy atom. The van der Waals surface area contributed by atoms with Gasteiger partial charge in [0.15, 0.2) is 11.6 Å². The summed E-state index contributed by atoms with van der Waals surface area (Å²) in [4.78, 5) is 12.3. The Labute approximate surface area is 133 Å². The second-order valence-corrected chi connectivity index (χ2v) is 6.24. The number of carbonyl (C=O) groups excluding carboxylic acids is 1. The van der Waals surface area contributed by atoms with E-state index < -0.39 is 5.82 Å². The summed E-state index contributed by atoms with van der Waals surface area (Å²) in [5.41, 5.74) is 5.87. The number of carbonyl (C=O) groups is 1. The maximum atomic E-state index is 14.0. The molecule has 1 aromatic heterocycles. The van der Waals surface area contributed by atoms with Gasteiger partial charge >= 0.3 is 0 Å². The highest BCUT2D eigenvalue weighted by atomic mass is 19.1. The van der Waals surface area contributed by atoms with Gasteiger partial charge in [0, 0.05) is 18.1 Å². The number of benzene rings is 1. The maximum Gasteiger partial charge on any atom is 0.287 e. The summed E-state index contributed by atoms with van der Waals surface area (Å²) < 4.78 is 19.6. The van der Waals surface area contributed by atoms with Gasteiger partial charge in [0.1, 0.15) is 5.76 Å². The van der Waals surface area contributed by atoms with Crippen LogP contribution in [0, 0.1) is 5.82 Å². The standard InChI is InChI=1S/C17H18FN3O2/c18-16-10(2-1-3-11(16)19)14-6-7-15(23-14)17(22)21-13-8-9-4-5-12(13)20-9/h1-3,6-7,9,12-13,20H,4-5,8,19H2,(H,21,22)/t9-,12+,13-/m1/s1. The third-order valence-electron chi connectivity index (χ3n) is 4.74. The Morgan fingerprint density at radius 3 is 2.91 bits per heavy atom. The summed E-state index contributed by atoms with van der Waals surface area (Å²) in [6.07, 6.45) is 3.22. The SMILES string of the molecule is Nc1cccc(-c2ccc(C(=O)N[C@@H]3C[C@H]4CC[C@@H]3N4)o2)c1F. The first kappa shape index (κ1) is 14.3. The molecule has 2 bridgehead atoms. The lowest BCUT2D eigenvalue weighted by Crippen LogP contribution is -2.42. The Hall–Kier alpha value is -2.34. The quantitative estimate of drug-likeness (QED) is 0.759. The molecule has 0 radical (unpaired) electrons. The topological polar surface area (TPSA) is 80.3 Å². The van der Waals surface area contributed by atoms with Gasteiger partial charge in [0.2, 0.25) is 0 Å². The summed E-state index contributed by atoms with van der Waals surface area (Å²) in [5, 5.41) is 6.47. The number of nitrogen functional groups attached to an aromatic ring is 1. The molecule has 1 amide bonds. The van der Waals surface area contributed by atoms with Crippen LogP contribution in [-0.2, 0) is 0 Å². The van der Waals surface area contributed by atoms with Gasteiger partial charge in [-0.05, 0) is 43.5 Å². The van der Waals surface area contributed by atoms with Crippen LogP contribution in [0.2, 0.25) is 0 Å². The van der Waals surface area contributed by atoms with Crippen molar-refractivity contribution in [3.63, 3.8) is 0 Å². The van der Waals surface area contributed by atoms with Gasteiger partial charge < -0.3 is 20.8 Å². The van der Waals surface area contributed by atoms with Crippen LogP contribution in [0.4, 0.5) is 10.1 Å². The number of amides is 1. The molecule has 3 heterocycles. The van der Waals surface area contributed by atoms with E-state index in [0.717, 1.165) is 12.8 Å². The first-order valence-corrected chi connectivity index (χ1v) is 7.83. The van der Waals surface area contributed by atoms with Crippen molar-refractivity contribution in [3.8, 4) is 11.3 Å². The van der Waals surface area contributed by atoms with Crippen molar-refractivity contribution in [1.29, 1.82) is 0 Å². The van der Waals surface area contributed by atoms with Crippen molar-refractivity contribution in [2.24, 2.45) is 0 Å². The van der Waals surface area contributed by atoms with Crippen molar-refractivity contribution < 1.29 is 13.6 Å². The molecule has 2 saturated heterocycles. The average molecular weight is 315 g/mol.